The first-order chi connectivity index (χ1) is 9.31. The van der Waals surface area contributed by atoms with Crippen molar-refractivity contribution in [2.45, 2.75) is 32.6 Å². The molecule has 0 atom stereocenters. The maximum Gasteiger partial charge on any atom is 0.123 e. The van der Waals surface area contributed by atoms with Gasteiger partial charge in [-0.2, -0.15) is 0 Å². The third-order valence-corrected chi connectivity index (χ3v) is 3.26. The summed E-state index contributed by atoms with van der Waals surface area (Å²) in [5, 5.41) is 0.960. The van der Waals surface area contributed by atoms with E-state index >= 15 is 0 Å². The molecule has 0 heterocycles. The monoisotopic (exact) mass is 326 g/mol. The molecule has 2 nitrogen and oxygen atoms in total. The molecular formula is C16H23BrO2. The van der Waals surface area contributed by atoms with Crippen LogP contribution in [0.5, 0.6) is 11.5 Å². The summed E-state index contributed by atoms with van der Waals surface area (Å²) in [6.07, 6.45) is 5.92. The molecular weight excluding hydrogens is 304 g/mol. The van der Waals surface area contributed by atoms with Gasteiger partial charge in [0.05, 0.1) is 13.2 Å². The van der Waals surface area contributed by atoms with Crippen molar-refractivity contribution < 1.29 is 9.47 Å². The second kappa shape index (κ2) is 9.90. The Hall–Kier alpha value is -0.960. The second-order valence-electron chi connectivity index (χ2n) is 4.36. The van der Waals surface area contributed by atoms with Crippen LogP contribution in [0.2, 0.25) is 0 Å². The van der Waals surface area contributed by atoms with Crippen molar-refractivity contribution >= 4 is 15.9 Å². The van der Waals surface area contributed by atoms with Crippen molar-refractivity contribution in [2.75, 3.05) is 18.5 Å². The van der Waals surface area contributed by atoms with Crippen LogP contribution in [0.15, 0.2) is 30.9 Å². The van der Waals surface area contributed by atoms with Crippen molar-refractivity contribution in [1.82, 2.24) is 0 Å². The van der Waals surface area contributed by atoms with Crippen molar-refractivity contribution in [1.29, 1.82) is 0 Å². The molecule has 0 aromatic heterocycles. The molecule has 1 rings (SSSR count). The number of benzene rings is 1. The highest BCUT2D eigenvalue weighted by atomic mass is 79.9. The molecule has 0 aliphatic heterocycles. The van der Waals surface area contributed by atoms with E-state index in [1.54, 1.807) is 0 Å². The number of allylic oxidation sites excluding steroid dienone is 1. The number of ether oxygens (including phenoxy) is 2. The molecule has 106 valence electrons. The van der Waals surface area contributed by atoms with E-state index in [0.29, 0.717) is 0 Å². The summed E-state index contributed by atoms with van der Waals surface area (Å²) in [4.78, 5) is 0. The average molecular weight is 327 g/mol. The molecule has 1 aromatic carbocycles. The fourth-order valence-electron chi connectivity index (χ4n) is 1.67. The lowest BCUT2D eigenvalue weighted by atomic mass is 10.1. The normalized spacial score (nSPS) is 10.2. The number of alkyl halides is 1. The van der Waals surface area contributed by atoms with Gasteiger partial charge in [0, 0.05) is 10.9 Å². The molecule has 0 saturated heterocycles. The van der Waals surface area contributed by atoms with E-state index in [4.69, 9.17) is 9.47 Å². The Morgan fingerprint density at radius 3 is 2.68 bits per heavy atom. The van der Waals surface area contributed by atoms with Crippen LogP contribution in [0.4, 0.5) is 0 Å². The maximum absolute atomic E-state index is 5.78. The van der Waals surface area contributed by atoms with E-state index in [2.05, 4.69) is 35.5 Å². The molecule has 0 amide bonds. The van der Waals surface area contributed by atoms with Gasteiger partial charge in [-0.1, -0.05) is 35.4 Å². The average Bonchev–Trinajstić information content (AvgIpc) is 2.42. The lowest BCUT2D eigenvalue weighted by Crippen LogP contribution is -2.02. The van der Waals surface area contributed by atoms with Gasteiger partial charge < -0.3 is 9.47 Å². The van der Waals surface area contributed by atoms with Crippen LogP contribution in [0, 0.1) is 0 Å². The van der Waals surface area contributed by atoms with Crippen LogP contribution >= 0.6 is 15.9 Å². The van der Waals surface area contributed by atoms with E-state index in [1.165, 1.54) is 0 Å². The number of halogens is 1. The van der Waals surface area contributed by atoms with Gasteiger partial charge in [-0.25, -0.2) is 0 Å². The summed E-state index contributed by atoms with van der Waals surface area (Å²) in [5.41, 5.74) is 1.14. The van der Waals surface area contributed by atoms with E-state index in [0.717, 1.165) is 61.3 Å². The highest BCUT2D eigenvalue weighted by molar-refractivity contribution is 9.09. The molecule has 0 aliphatic carbocycles. The Kier molecular flexibility index (Phi) is 8.39. The van der Waals surface area contributed by atoms with E-state index in [9.17, 15) is 0 Å². The predicted molar refractivity (Wildman–Crippen MR) is 84.7 cm³/mol. The molecule has 0 unspecified atom stereocenters. The smallest absolute Gasteiger partial charge is 0.123 e. The molecule has 0 fully saturated rings. The summed E-state index contributed by atoms with van der Waals surface area (Å²) in [5.74, 6) is 1.85. The molecule has 0 radical (unpaired) electrons. The maximum atomic E-state index is 5.78. The Morgan fingerprint density at radius 1 is 1.21 bits per heavy atom. The third kappa shape index (κ3) is 6.15. The molecule has 0 bridgehead atoms. The van der Waals surface area contributed by atoms with Crippen LogP contribution in [0.1, 0.15) is 31.7 Å². The minimum absolute atomic E-state index is 0.728. The van der Waals surface area contributed by atoms with Crippen LogP contribution in [-0.2, 0) is 6.42 Å². The Morgan fingerprint density at radius 2 is 2.00 bits per heavy atom. The highest BCUT2D eigenvalue weighted by Gasteiger charge is 2.05. The van der Waals surface area contributed by atoms with Gasteiger partial charge in [-0.05, 0) is 37.5 Å². The largest absolute Gasteiger partial charge is 0.494 e. The molecule has 0 aliphatic rings. The van der Waals surface area contributed by atoms with Gasteiger partial charge in [-0.15, -0.1) is 6.58 Å². The Bertz CT molecular complexity index is 377. The van der Waals surface area contributed by atoms with Crippen molar-refractivity contribution in [2.24, 2.45) is 0 Å². The summed E-state index contributed by atoms with van der Waals surface area (Å²) >= 11 is 3.40. The van der Waals surface area contributed by atoms with E-state index in [-0.39, 0.29) is 0 Å². The first kappa shape index (κ1) is 16.1. The molecule has 3 heteroatoms. The van der Waals surface area contributed by atoms with Gasteiger partial charge in [0.25, 0.3) is 0 Å². The van der Waals surface area contributed by atoms with Gasteiger partial charge in [0.2, 0.25) is 0 Å². The number of rotatable bonds is 10. The quantitative estimate of drug-likeness (QED) is 0.350. The van der Waals surface area contributed by atoms with E-state index in [1.807, 2.05) is 18.2 Å². The molecule has 1 aromatic rings. The molecule has 0 spiro atoms. The van der Waals surface area contributed by atoms with Crippen molar-refractivity contribution in [3.8, 4) is 11.5 Å². The number of unbranched alkanes of at least 4 members (excludes halogenated alkanes) is 1. The molecule has 0 saturated carbocycles. The van der Waals surface area contributed by atoms with Crippen LogP contribution in [0.3, 0.4) is 0 Å². The standard InChI is InChI=1S/C16H23BrO2/c1-3-5-11-18-15-8-9-16(19-12-6-10-17)14(13-15)7-4-2/h4,8-9,13H,2-3,5-7,10-12H2,1H3. The van der Waals surface area contributed by atoms with Crippen molar-refractivity contribution in [3.05, 3.63) is 36.4 Å². The number of hydrogen-bond donors (Lipinski definition) is 0. The minimum Gasteiger partial charge on any atom is -0.494 e. The number of hydrogen-bond acceptors (Lipinski definition) is 2. The van der Waals surface area contributed by atoms with Gasteiger partial charge >= 0.3 is 0 Å². The minimum atomic E-state index is 0.728. The predicted octanol–water partition coefficient (Wildman–Crippen LogP) is 4.76. The zero-order valence-corrected chi connectivity index (χ0v) is 13.2. The summed E-state index contributed by atoms with van der Waals surface area (Å²) in [7, 11) is 0. The first-order valence-corrected chi connectivity index (χ1v) is 7.99. The SMILES string of the molecule is C=CCc1cc(OCCCC)ccc1OCCCBr. The van der Waals surface area contributed by atoms with Gasteiger partial charge in [-0.3, -0.25) is 0 Å². The lowest BCUT2D eigenvalue weighted by molar-refractivity contribution is 0.302. The fraction of sp³-hybridized carbons (Fsp3) is 0.500. The zero-order valence-electron chi connectivity index (χ0n) is 11.7. The second-order valence-corrected chi connectivity index (χ2v) is 5.15. The van der Waals surface area contributed by atoms with Crippen LogP contribution in [-0.4, -0.2) is 18.5 Å². The van der Waals surface area contributed by atoms with Crippen LogP contribution < -0.4 is 9.47 Å². The molecule has 0 N–H and O–H groups in total. The summed E-state index contributed by atoms with van der Waals surface area (Å²) in [6.45, 7) is 7.45. The van der Waals surface area contributed by atoms with Gasteiger partial charge in [0.15, 0.2) is 0 Å². The Balaban J connectivity index is 2.67. The summed E-state index contributed by atoms with van der Waals surface area (Å²) in [6, 6.07) is 6.03. The topological polar surface area (TPSA) is 18.5 Å². The summed E-state index contributed by atoms with van der Waals surface area (Å²) < 4.78 is 11.5. The highest BCUT2D eigenvalue weighted by Crippen LogP contribution is 2.25. The van der Waals surface area contributed by atoms with Crippen molar-refractivity contribution in [3.63, 3.8) is 0 Å². The third-order valence-electron chi connectivity index (χ3n) is 2.70. The first-order valence-electron chi connectivity index (χ1n) is 6.87. The lowest BCUT2D eigenvalue weighted by Gasteiger charge is -2.12. The fourth-order valence-corrected chi connectivity index (χ4v) is 1.90. The molecule has 19 heavy (non-hydrogen) atoms. The van der Waals surface area contributed by atoms with Crippen LogP contribution in [0.25, 0.3) is 0 Å². The zero-order chi connectivity index (χ0) is 13.9. The van der Waals surface area contributed by atoms with E-state index < -0.39 is 0 Å². The van der Waals surface area contributed by atoms with Gasteiger partial charge in [0.1, 0.15) is 11.5 Å². The Labute approximate surface area is 124 Å².